The summed E-state index contributed by atoms with van der Waals surface area (Å²) < 4.78 is 0. The van der Waals surface area contributed by atoms with E-state index in [1.165, 1.54) is 0 Å². The molecule has 0 fully saturated rings. The molecule has 24 valence electrons. The van der Waals surface area contributed by atoms with Crippen LogP contribution >= 0.6 is 0 Å². The molecule has 0 bridgehead atoms. The summed E-state index contributed by atoms with van der Waals surface area (Å²) in [4.78, 5) is 0. The molecule has 1 heterocycles. The standard InChI is InChI=1S/C3H3N2/c1-2-4-5-3-1/h1-2H,(H,4,5)/q+1. The minimum atomic E-state index is 1.64. The van der Waals surface area contributed by atoms with Crippen LogP contribution in [0.15, 0.2) is 11.2 Å². The van der Waals surface area contributed by atoms with E-state index in [9.17, 15) is 0 Å². The first kappa shape index (κ1) is 2.36. The van der Waals surface area contributed by atoms with Gasteiger partial charge in [0.05, 0.1) is 0 Å². The average molecular weight is 67.1 g/mol. The molecule has 0 spiro atoms. The predicted octanol–water partition coefficient (Wildman–Crippen LogP) is -0.108. The van der Waals surface area contributed by atoms with Crippen LogP contribution in [0, 0.1) is 6.20 Å². The molecule has 0 unspecified atom stereocenters. The van der Waals surface area contributed by atoms with Gasteiger partial charge in [0.2, 0.25) is 12.3 Å². The Hall–Kier alpha value is -0.880. The van der Waals surface area contributed by atoms with E-state index in [4.69, 9.17) is 0 Å². The summed E-state index contributed by atoms with van der Waals surface area (Å²) in [6, 6.07) is 0. The van der Waals surface area contributed by atoms with Crippen molar-refractivity contribution in [3.63, 3.8) is 0 Å². The van der Waals surface area contributed by atoms with Crippen LogP contribution in [0.25, 0.3) is 0 Å². The van der Waals surface area contributed by atoms with Crippen molar-refractivity contribution in [1.29, 1.82) is 0 Å². The molecule has 2 heteroatoms. The van der Waals surface area contributed by atoms with E-state index in [-0.39, 0.29) is 0 Å². The Labute approximate surface area is 30.2 Å². The molecule has 1 N–H and O–H groups in total. The van der Waals surface area contributed by atoms with Crippen LogP contribution in [0.2, 0.25) is 0 Å². The minimum absolute atomic E-state index is 1.64. The molecule has 1 rings (SSSR count). The third-order valence-electron chi connectivity index (χ3n) is 0.362. The van der Waals surface area contributed by atoms with Crippen LogP contribution in [-0.4, -0.2) is 6.21 Å². The van der Waals surface area contributed by atoms with Crippen LogP contribution in [0.1, 0.15) is 0 Å². The van der Waals surface area contributed by atoms with E-state index in [0.717, 1.165) is 0 Å². The number of hydrazone groups is 1. The fourth-order valence-corrected chi connectivity index (χ4v) is 0.186. The lowest BCUT2D eigenvalue weighted by atomic mass is 10.7. The van der Waals surface area contributed by atoms with Gasteiger partial charge in [-0.3, -0.25) is 0 Å². The molecule has 1 aliphatic heterocycles. The Morgan fingerprint density at radius 3 is 3.00 bits per heavy atom. The number of nitrogens with one attached hydrogen (secondary N) is 1. The van der Waals surface area contributed by atoms with Gasteiger partial charge in [-0.1, -0.05) is 5.10 Å². The Balaban J connectivity index is 2.61. The van der Waals surface area contributed by atoms with Gasteiger partial charge in [-0.15, -0.1) is 5.43 Å². The molecule has 0 atom stereocenters. The van der Waals surface area contributed by atoms with Gasteiger partial charge >= 0.3 is 0 Å². The summed E-state index contributed by atoms with van der Waals surface area (Å²) in [5, 5.41) is 3.54. The molecule has 0 saturated heterocycles. The number of hydrogen-bond donors (Lipinski definition) is 1. The predicted molar refractivity (Wildman–Crippen MR) is 19.4 cm³/mol. The quantitative estimate of drug-likeness (QED) is 0.393. The Morgan fingerprint density at radius 1 is 1.80 bits per heavy atom. The Kier molecular flexibility index (Phi) is 0.390. The third-order valence-corrected chi connectivity index (χ3v) is 0.362. The molecule has 0 saturated carbocycles. The maximum absolute atomic E-state index is 3.54. The maximum atomic E-state index is 3.54. The van der Waals surface area contributed by atoms with Crippen molar-refractivity contribution >= 4 is 6.21 Å². The summed E-state index contributed by atoms with van der Waals surface area (Å²) in [7, 11) is 0. The molecule has 0 amide bonds. The van der Waals surface area contributed by atoms with Gasteiger partial charge in [0.1, 0.15) is 0 Å². The van der Waals surface area contributed by atoms with E-state index >= 15 is 0 Å². The summed E-state index contributed by atoms with van der Waals surface area (Å²) >= 11 is 0. The molecular formula is C3H3N2+. The molecule has 2 nitrogen and oxygen atoms in total. The Bertz CT molecular complexity index is 63.0. The minimum Gasteiger partial charge on any atom is -0.133 e. The summed E-state index contributed by atoms with van der Waals surface area (Å²) in [5.41, 5.74) is 2.49. The highest BCUT2D eigenvalue weighted by molar-refractivity contribution is 5.71. The average Bonchev–Trinajstić information content (AvgIpc) is 1.76. The molecular weight excluding hydrogens is 64.0 g/mol. The molecule has 0 aliphatic carbocycles. The lowest BCUT2D eigenvalue weighted by Gasteiger charge is -1.54. The second-order valence-corrected chi connectivity index (χ2v) is 0.701. The van der Waals surface area contributed by atoms with Crippen LogP contribution in [-0.2, 0) is 0 Å². The van der Waals surface area contributed by atoms with Gasteiger partial charge in [0.25, 0.3) is 0 Å². The molecule has 0 radical (unpaired) electrons. The zero-order chi connectivity index (χ0) is 3.54. The summed E-state index contributed by atoms with van der Waals surface area (Å²) in [5.74, 6) is 0. The number of rotatable bonds is 0. The van der Waals surface area contributed by atoms with E-state index in [0.29, 0.717) is 0 Å². The number of nitrogens with zero attached hydrogens (tertiary/aromatic N) is 1. The van der Waals surface area contributed by atoms with E-state index in [1.807, 2.05) is 0 Å². The smallest absolute Gasteiger partial charge is 0.133 e. The molecule has 1 aliphatic rings. The van der Waals surface area contributed by atoms with Gasteiger partial charge in [0.15, 0.2) is 6.21 Å². The molecule has 0 aromatic heterocycles. The van der Waals surface area contributed by atoms with E-state index in [2.05, 4.69) is 16.7 Å². The fraction of sp³-hybridized carbons (Fsp3) is 0. The zero-order valence-corrected chi connectivity index (χ0v) is 2.60. The second-order valence-electron chi connectivity index (χ2n) is 0.701. The first-order valence-electron chi connectivity index (χ1n) is 1.35. The van der Waals surface area contributed by atoms with Gasteiger partial charge < -0.3 is 0 Å². The van der Waals surface area contributed by atoms with Crippen molar-refractivity contribution in [2.45, 2.75) is 0 Å². The second kappa shape index (κ2) is 0.826. The van der Waals surface area contributed by atoms with Crippen molar-refractivity contribution in [2.24, 2.45) is 5.10 Å². The number of allylic oxidation sites excluding steroid dienone is 1. The zero-order valence-electron chi connectivity index (χ0n) is 2.60. The van der Waals surface area contributed by atoms with Gasteiger partial charge in [-0.2, -0.15) is 0 Å². The maximum Gasteiger partial charge on any atom is 0.214 e. The molecule has 5 heavy (non-hydrogen) atoms. The first-order chi connectivity index (χ1) is 2.50. The van der Waals surface area contributed by atoms with Crippen molar-refractivity contribution in [2.75, 3.05) is 0 Å². The van der Waals surface area contributed by atoms with Crippen LogP contribution in [0.4, 0.5) is 0 Å². The van der Waals surface area contributed by atoms with E-state index in [1.54, 1.807) is 12.3 Å². The van der Waals surface area contributed by atoms with Crippen molar-refractivity contribution in [3.8, 4) is 0 Å². The highest BCUT2D eigenvalue weighted by Gasteiger charge is 1.86. The number of hydrogen-bond acceptors (Lipinski definition) is 2. The Morgan fingerprint density at radius 2 is 2.80 bits per heavy atom. The topological polar surface area (TPSA) is 24.4 Å². The van der Waals surface area contributed by atoms with Gasteiger partial charge in [0, 0.05) is 0 Å². The van der Waals surface area contributed by atoms with E-state index < -0.39 is 0 Å². The summed E-state index contributed by atoms with van der Waals surface area (Å²) in [6.07, 6.45) is 5.97. The largest absolute Gasteiger partial charge is 0.214 e. The summed E-state index contributed by atoms with van der Waals surface area (Å²) in [6.45, 7) is 0. The van der Waals surface area contributed by atoms with Crippen molar-refractivity contribution < 1.29 is 0 Å². The van der Waals surface area contributed by atoms with Gasteiger partial charge in [-0.25, -0.2) is 0 Å². The van der Waals surface area contributed by atoms with Crippen LogP contribution < -0.4 is 5.43 Å². The molecule has 0 aromatic carbocycles. The third kappa shape index (κ3) is 0.231. The molecule has 0 aromatic rings. The van der Waals surface area contributed by atoms with Crippen molar-refractivity contribution in [1.82, 2.24) is 5.43 Å². The normalized spacial score (nSPS) is 14.4. The van der Waals surface area contributed by atoms with Crippen LogP contribution in [0.5, 0.6) is 0 Å². The van der Waals surface area contributed by atoms with Crippen LogP contribution in [0.3, 0.4) is 0 Å². The fourth-order valence-electron chi connectivity index (χ4n) is 0.186. The first-order valence-corrected chi connectivity index (χ1v) is 1.35. The SMILES string of the molecule is [C+]1=CC=NN1. The highest BCUT2D eigenvalue weighted by atomic mass is 15.3. The highest BCUT2D eigenvalue weighted by Crippen LogP contribution is 1.67. The van der Waals surface area contributed by atoms with Crippen molar-refractivity contribution in [3.05, 3.63) is 12.3 Å². The lowest BCUT2D eigenvalue weighted by Crippen LogP contribution is -1.83. The lowest BCUT2D eigenvalue weighted by molar-refractivity contribution is 0.969. The monoisotopic (exact) mass is 67.0 g/mol. The van der Waals surface area contributed by atoms with Gasteiger partial charge in [-0.05, 0) is 0 Å².